The van der Waals surface area contributed by atoms with Gasteiger partial charge in [0.1, 0.15) is 0 Å². The van der Waals surface area contributed by atoms with E-state index in [1.54, 1.807) is 0 Å². The summed E-state index contributed by atoms with van der Waals surface area (Å²) in [5.41, 5.74) is 0. The van der Waals surface area contributed by atoms with Crippen molar-refractivity contribution in [3.63, 3.8) is 0 Å². The summed E-state index contributed by atoms with van der Waals surface area (Å²) in [6.45, 7) is 1.82. The van der Waals surface area contributed by atoms with Gasteiger partial charge < -0.3 is 0 Å². The third-order valence-electron chi connectivity index (χ3n) is 0.158. The molecule has 0 aliphatic heterocycles. The molecular weight excluding hydrogens is 142 g/mol. The molecular formula is C4H7NOS2. The van der Waals surface area contributed by atoms with Gasteiger partial charge in [-0.25, -0.2) is 0 Å². The van der Waals surface area contributed by atoms with Crippen molar-refractivity contribution in [2.75, 3.05) is 0 Å². The molecule has 0 radical (unpaired) electrons. The number of hydrogen-bond donors (Lipinski definition) is 2. The van der Waals surface area contributed by atoms with Crippen molar-refractivity contribution in [3.8, 4) is 6.07 Å². The molecule has 0 amide bonds. The Morgan fingerprint density at radius 1 is 1.75 bits per heavy atom. The minimum atomic E-state index is -0.444. The summed E-state index contributed by atoms with van der Waals surface area (Å²) >= 11 is 6.38. The number of carbonyl (C=O) groups excluding carboxylic acids is 1. The standard InChI is InChI=1S/C3H5N.CH2OS2/c1-2-3-4;2-1(3)4/h2H2,1H3;(H2,2,3,4). The van der Waals surface area contributed by atoms with Gasteiger partial charge in [0.05, 0.1) is 6.07 Å². The van der Waals surface area contributed by atoms with E-state index < -0.39 is 4.45 Å². The Morgan fingerprint density at radius 2 is 1.88 bits per heavy atom. The second-order valence-electron chi connectivity index (χ2n) is 0.794. The molecule has 8 heavy (non-hydrogen) atoms. The predicted octanol–water partition coefficient (Wildman–Crippen LogP) is 1.89. The first-order valence-electron chi connectivity index (χ1n) is 1.94. The van der Waals surface area contributed by atoms with Crippen LogP contribution in [0.5, 0.6) is 0 Å². The van der Waals surface area contributed by atoms with Gasteiger partial charge in [-0.1, -0.05) is 32.2 Å². The van der Waals surface area contributed by atoms with Gasteiger partial charge in [0.2, 0.25) is 4.45 Å². The molecule has 46 valence electrons. The van der Waals surface area contributed by atoms with Gasteiger partial charge in [-0.05, 0) is 0 Å². The van der Waals surface area contributed by atoms with E-state index in [1.807, 2.05) is 13.0 Å². The van der Waals surface area contributed by atoms with Crippen LogP contribution in [0.15, 0.2) is 0 Å². The highest BCUT2D eigenvalue weighted by Gasteiger charge is 1.65. The molecule has 0 aliphatic rings. The molecule has 0 fully saturated rings. The van der Waals surface area contributed by atoms with E-state index in [2.05, 4.69) is 25.3 Å². The first kappa shape index (κ1) is 10.8. The summed E-state index contributed by atoms with van der Waals surface area (Å²) < 4.78 is -0.444. The molecule has 0 N–H and O–H groups in total. The van der Waals surface area contributed by atoms with E-state index in [4.69, 9.17) is 5.26 Å². The summed E-state index contributed by atoms with van der Waals surface area (Å²) in [4.78, 5) is 9.17. The van der Waals surface area contributed by atoms with Crippen LogP contribution in [-0.4, -0.2) is 4.45 Å². The highest BCUT2D eigenvalue weighted by Crippen LogP contribution is 1.81. The van der Waals surface area contributed by atoms with Crippen molar-refractivity contribution in [1.82, 2.24) is 0 Å². The quantitative estimate of drug-likeness (QED) is 0.516. The molecule has 2 nitrogen and oxygen atoms in total. The maximum Gasteiger partial charge on any atom is 0.239 e. The van der Waals surface area contributed by atoms with E-state index in [1.165, 1.54) is 0 Å². The average Bonchev–Trinajstić information content (AvgIpc) is 1.65. The predicted molar refractivity (Wildman–Crippen MR) is 39.3 cm³/mol. The van der Waals surface area contributed by atoms with Gasteiger partial charge in [0.15, 0.2) is 0 Å². The summed E-state index contributed by atoms with van der Waals surface area (Å²) in [6, 6.07) is 1.93. The van der Waals surface area contributed by atoms with Crippen LogP contribution < -0.4 is 0 Å². The van der Waals surface area contributed by atoms with E-state index in [0.29, 0.717) is 6.42 Å². The molecule has 0 heterocycles. The molecule has 0 saturated carbocycles. The molecule has 0 aromatic heterocycles. The number of carbonyl (C=O) groups is 1. The van der Waals surface area contributed by atoms with Crippen LogP contribution in [0.2, 0.25) is 0 Å². The average molecular weight is 149 g/mol. The zero-order valence-electron chi connectivity index (χ0n) is 4.46. The Bertz CT molecular complexity index is 92.7. The fourth-order valence-electron chi connectivity index (χ4n) is 0. The molecule has 0 rings (SSSR count). The Labute approximate surface area is 59.7 Å². The van der Waals surface area contributed by atoms with Gasteiger partial charge in [0, 0.05) is 6.42 Å². The SMILES string of the molecule is CCC#N.O=C(S)S. The number of rotatable bonds is 0. The van der Waals surface area contributed by atoms with Crippen LogP contribution in [0.25, 0.3) is 0 Å². The Hall–Kier alpha value is -0.140. The van der Waals surface area contributed by atoms with Crippen molar-refractivity contribution >= 4 is 29.7 Å². The summed E-state index contributed by atoms with van der Waals surface area (Å²) in [7, 11) is 0. The first-order valence-corrected chi connectivity index (χ1v) is 2.83. The zero-order valence-corrected chi connectivity index (χ0v) is 6.25. The van der Waals surface area contributed by atoms with Crippen LogP contribution in [0.1, 0.15) is 13.3 Å². The molecule has 0 aromatic carbocycles. The number of thiol groups is 2. The van der Waals surface area contributed by atoms with Crippen LogP contribution in [0.3, 0.4) is 0 Å². The Balaban J connectivity index is 0. The molecule has 4 heteroatoms. The third kappa shape index (κ3) is 187. The van der Waals surface area contributed by atoms with E-state index in [-0.39, 0.29) is 0 Å². The zero-order chi connectivity index (χ0) is 6.99. The number of hydrogen-bond acceptors (Lipinski definition) is 2. The Morgan fingerprint density at radius 3 is 1.88 bits per heavy atom. The molecule has 0 saturated heterocycles. The van der Waals surface area contributed by atoms with Gasteiger partial charge in [-0.3, -0.25) is 4.79 Å². The van der Waals surface area contributed by atoms with E-state index in [0.717, 1.165) is 0 Å². The lowest BCUT2D eigenvalue weighted by molar-refractivity contribution is 0.277. The fraction of sp³-hybridized carbons (Fsp3) is 0.500. The monoisotopic (exact) mass is 149 g/mol. The lowest BCUT2D eigenvalue weighted by Crippen LogP contribution is -1.47. The highest BCUT2D eigenvalue weighted by atomic mass is 32.2. The van der Waals surface area contributed by atoms with Crippen molar-refractivity contribution < 1.29 is 4.79 Å². The minimum Gasteiger partial charge on any atom is -0.275 e. The second kappa shape index (κ2) is 9.97. The molecule has 0 aliphatic carbocycles. The molecule has 0 bridgehead atoms. The van der Waals surface area contributed by atoms with Crippen LogP contribution in [-0.2, 0) is 0 Å². The summed E-state index contributed by atoms with van der Waals surface area (Å²) in [6.07, 6.45) is 0.625. The lowest BCUT2D eigenvalue weighted by Gasteiger charge is -1.54. The van der Waals surface area contributed by atoms with E-state index >= 15 is 0 Å². The van der Waals surface area contributed by atoms with Gasteiger partial charge in [-0.2, -0.15) is 5.26 Å². The van der Waals surface area contributed by atoms with Crippen molar-refractivity contribution in [3.05, 3.63) is 0 Å². The Kier molecular flexibility index (Phi) is 13.4. The fourth-order valence-corrected chi connectivity index (χ4v) is 0. The van der Waals surface area contributed by atoms with Gasteiger partial charge in [-0.15, -0.1) is 0 Å². The smallest absolute Gasteiger partial charge is 0.239 e. The summed E-state index contributed by atoms with van der Waals surface area (Å²) in [5.74, 6) is 0. The first-order chi connectivity index (χ1) is 3.65. The molecule has 0 atom stereocenters. The van der Waals surface area contributed by atoms with Gasteiger partial charge >= 0.3 is 0 Å². The largest absolute Gasteiger partial charge is 0.275 e. The number of nitriles is 1. The van der Waals surface area contributed by atoms with Crippen LogP contribution in [0.4, 0.5) is 4.79 Å². The van der Waals surface area contributed by atoms with Crippen molar-refractivity contribution in [2.24, 2.45) is 0 Å². The van der Waals surface area contributed by atoms with E-state index in [9.17, 15) is 4.79 Å². The maximum absolute atomic E-state index is 9.17. The number of nitrogens with zero attached hydrogens (tertiary/aromatic N) is 1. The lowest BCUT2D eigenvalue weighted by atomic mass is 10.6. The normalized spacial score (nSPS) is 5.75. The molecule has 0 unspecified atom stereocenters. The highest BCUT2D eigenvalue weighted by molar-refractivity contribution is 8.23. The molecule has 0 spiro atoms. The van der Waals surface area contributed by atoms with Crippen LogP contribution >= 0.6 is 25.3 Å². The van der Waals surface area contributed by atoms with Crippen molar-refractivity contribution in [2.45, 2.75) is 13.3 Å². The minimum absolute atomic E-state index is 0.444. The third-order valence-corrected chi connectivity index (χ3v) is 0.158. The second-order valence-corrected chi connectivity index (χ2v) is 1.96. The molecule has 0 aromatic rings. The maximum atomic E-state index is 9.17. The van der Waals surface area contributed by atoms with Gasteiger partial charge in [0.25, 0.3) is 0 Å². The summed E-state index contributed by atoms with van der Waals surface area (Å²) in [5, 5.41) is 7.62. The topological polar surface area (TPSA) is 40.9 Å². The van der Waals surface area contributed by atoms with Crippen LogP contribution in [0, 0.1) is 11.3 Å². The van der Waals surface area contributed by atoms with Crippen molar-refractivity contribution in [1.29, 1.82) is 5.26 Å².